The van der Waals surface area contributed by atoms with Gasteiger partial charge in [0.2, 0.25) is 0 Å². The predicted molar refractivity (Wildman–Crippen MR) is 74.3 cm³/mol. The summed E-state index contributed by atoms with van der Waals surface area (Å²) in [5.74, 6) is -0.273. The van der Waals surface area contributed by atoms with E-state index in [4.69, 9.17) is 23.2 Å². The van der Waals surface area contributed by atoms with Crippen molar-refractivity contribution < 1.29 is 9.90 Å². The van der Waals surface area contributed by atoms with Crippen LogP contribution in [0.3, 0.4) is 0 Å². The summed E-state index contributed by atoms with van der Waals surface area (Å²) in [4.78, 5) is 11.8. The first kappa shape index (κ1) is 15.3. The number of nitrogens with one attached hydrogen (secondary N) is 1. The SMILES string of the molecule is CCCC(C)(O)CNC(=O)c1ccc(Cl)c(Cl)c1. The van der Waals surface area contributed by atoms with Crippen LogP contribution in [-0.4, -0.2) is 23.2 Å². The zero-order chi connectivity index (χ0) is 13.8. The molecule has 0 saturated carbocycles. The van der Waals surface area contributed by atoms with Crippen LogP contribution in [-0.2, 0) is 0 Å². The van der Waals surface area contributed by atoms with Crippen molar-refractivity contribution in [1.29, 1.82) is 0 Å². The highest BCUT2D eigenvalue weighted by Gasteiger charge is 2.20. The first-order chi connectivity index (χ1) is 8.35. The lowest BCUT2D eigenvalue weighted by atomic mass is 10.0. The third kappa shape index (κ3) is 4.48. The van der Waals surface area contributed by atoms with Crippen LogP contribution in [0.5, 0.6) is 0 Å². The molecule has 0 aromatic heterocycles. The van der Waals surface area contributed by atoms with Crippen molar-refractivity contribution in [3.05, 3.63) is 33.8 Å². The highest BCUT2D eigenvalue weighted by Crippen LogP contribution is 2.22. The molecule has 0 heterocycles. The topological polar surface area (TPSA) is 49.3 Å². The molecule has 2 N–H and O–H groups in total. The lowest BCUT2D eigenvalue weighted by Crippen LogP contribution is -2.40. The molecule has 1 aromatic rings. The molecule has 100 valence electrons. The molecule has 0 saturated heterocycles. The van der Waals surface area contributed by atoms with E-state index < -0.39 is 5.60 Å². The van der Waals surface area contributed by atoms with Gasteiger partial charge in [0.25, 0.3) is 5.91 Å². The Bertz CT molecular complexity index is 433. The Kier molecular flexibility index (Phi) is 5.45. The van der Waals surface area contributed by atoms with Crippen LogP contribution in [0.1, 0.15) is 37.0 Å². The van der Waals surface area contributed by atoms with Gasteiger partial charge in [-0.1, -0.05) is 36.5 Å². The number of hydrogen-bond donors (Lipinski definition) is 2. The number of carbonyl (C=O) groups excluding carboxylic acids is 1. The molecular formula is C13H17Cl2NO2. The Labute approximate surface area is 117 Å². The second kappa shape index (κ2) is 6.41. The minimum Gasteiger partial charge on any atom is -0.388 e. The van der Waals surface area contributed by atoms with E-state index in [9.17, 15) is 9.90 Å². The largest absolute Gasteiger partial charge is 0.388 e. The van der Waals surface area contributed by atoms with Crippen molar-refractivity contribution >= 4 is 29.1 Å². The van der Waals surface area contributed by atoms with Crippen molar-refractivity contribution in [3.63, 3.8) is 0 Å². The van der Waals surface area contributed by atoms with Gasteiger partial charge in [-0.25, -0.2) is 0 Å². The molecule has 1 amide bonds. The lowest BCUT2D eigenvalue weighted by molar-refractivity contribution is 0.0469. The lowest BCUT2D eigenvalue weighted by Gasteiger charge is -2.22. The Balaban J connectivity index is 2.63. The van der Waals surface area contributed by atoms with Crippen molar-refractivity contribution in [2.45, 2.75) is 32.3 Å². The summed E-state index contributed by atoms with van der Waals surface area (Å²) >= 11 is 11.6. The van der Waals surface area contributed by atoms with E-state index in [-0.39, 0.29) is 12.5 Å². The van der Waals surface area contributed by atoms with Gasteiger partial charge in [-0.3, -0.25) is 4.79 Å². The van der Waals surface area contributed by atoms with Gasteiger partial charge in [-0.15, -0.1) is 0 Å². The third-order valence-corrected chi connectivity index (χ3v) is 3.34. The zero-order valence-electron chi connectivity index (χ0n) is 10.5. The van der Waals surface area contributed by atoms with E-state index in [0.29, 0.717) is 22.0 Å². The van der Waals surface area contributed by atoms with Crippen LogP contribution in [0.4, 0.5) is 0 Å². The van der Waals surface area contributed by atoms with Gasteiger partial charge in [0.1, 0.15) is 0 Å². The fraction of sp³-hybridized carbons (Fsp3) is 0.462. The fourth-order valence-corrected chi connectivity index (χ4v) is 1.94. The molecule has 0 fully saturated rings. The summed E-state index contributed by atoms with van der Waals surface area (Å²) in [6, 6.07) is 4.68. The Morgan fingerprint density at radius 1 is 1.39 bits per heavy atom. The molecule has 0 spiro atoms. The molecule has 0 bridgehead atoms. The van der Waals surface area contributed by atoms with E-state index >= 15 is 0 Å². The van der Waals surface area contributed by atoms with Crippen molar-refractivity contribution in [1.82, 2.24) is 5.32 Å². The molecule has 0 aliphatic heterocycles. The van der Waals surface area contributed by atoms with Gasteiger partial charge in [0.05, 0.1) is 15.6 Å². The maximum Gasteiger partial charge on any atom is 0.251 e. The van der Waals surface area contributed by atoms with Crippen LogP contribution >= 0.6 is 23.2 Å². The van der Waals surface area contributed by atoms with Crippen LogP contribution < -0.4 is 5.32 Å². The molecule has 1 unspecified atom stereocenters. The summed E-state index contributed by atoms with van der Waals surface area (Å²) in [5.41, 5.74) is -0.461. The van der Waals surface area contributed by atoms with Gasteiger partial charge in [0.15, 0.2) is 0 Å². The standard InChI is InChI=1S/C13H17Cl2NO2/c1-3-6-13(2,18)8-16-12(17)9-4-5-10(14)11(15)7-9/h4-5,7,18H,3,6,8H2,1-2H3,(H,16,17). The van der Waals surface area contributed by atoms with Crippen LogP contribution in [0.25, 0.3) is 0 Å². The van der Waals surface area contributed by atoms with Crippen molar-refractivity contribution in [2.24, 2.45) is 0 Å². The second-order valence-electron chi connectivity index (χ2n) is 4.56. The normalized spacial score (nSPS) is 14.1. The van der Waals surface area contributed by atoms with Gasteiger partial charge in [-0.05, 0) is 31.5 Å². The number of carbonyl (C=O) groups is 1. The first-order valence-electron chi connectivity index (χ1n) is 5.81. The van der Waals surface area contributed by atoms with Crippen LogP contribution in [0, 0.1) is 0 Å². The average molecular weight is 290 g/mol. The molecule has 3 nitrogen and oxygen atoms in total. The molecular weight excluding hydrogens is 273 g/mol. The molecule has 1 atom stereocenters. The molecule has 1 rings (SSSR count). The second-order valence-corrected chi connectivity index (χ2v) is 5.37. The number of hydrogen-bond acceptors (Lipinski definition) is 2. The van der Waals surface area contributed by atoms with E-state index in [0.717, 1.165) is 6.42 Å². The molecule has 0 aliphatic rings. The smallest absolute Gasteiger partial charge is 0.251 e. The van der Waals surface area contributed by atoms with E-state index in [1.807, 2.05) is 6.92 Å². The summed E-state index contributed by atoms with van der Waals surface area (Å²) in [7, 11) is 0. The molecule has 1 aromatic carbocycles. The summed E-state index contributed by atoms with van der Waals surface area (Å²) in [5, 5.41) is 13.4. The first-order valence-corrected chi connectivity index (χ1v) is 6.57. The minimum atomic E-state index is -0.888. The molecule has 5 heteroatoms. The number of amides is 1. The number of halogens is 2. The monoisotopic (exact) mass is 289 g/mol. The summed E-state index contributed by atoms with van der Waals surface area (Å²) < 4.78 is 0. The fourth-order valence-electron chi connectivity index (χ4n) is 1.64. The molecule has 0 radical (unpaired) electrons. The average Bonchev–Trinajstić information content (AvgIpc) is 2.30. The minimum absolute atomic E-state index is 0.208. The predicted octanol–water partition coefficient (Wildman–Crippen LogP) is 3.27. The maximum absolute atomic E-state index is 11.8. The number of rotatable bonds is 5. The Morgan fingerprint density at radius 3 is 2.61 bits per heavy atom. The van der Waals surface area contributed by atoms with E-state index in [2.05, 4.69) is 5.32 Å². The van der Waals surface area contributed by atoms with Gasteiger partial charge in [0, 0.05) is 12.1 Å². The molecule has 0 aliphatic carbocycles. The number of benzene rings is 1. The summed E-state index contributed by atoms with van der Waals surface area (Å²) in [6.45, 7) is 3.89. The third-order valence-electron chi connectivity index (χ3n) is 2.60. The van der Waals surface area contributed by atoms with E-state index in [1.54, 1.807) is 19.1 Å². The van der Waals surface area contributed by atoms with Crippen molar-refractivity contribution in [3.8, 4) is 0 Å². The van der Waals surface area contributed by atoms with Gasteiger partial charge < -0.3 is 10.4 Å². The van der Waals surface area contributed by atoms with Gasteiger partial charge in [-0.2, -0.15) is 0 Å². The zero-order valence-corrected chi connectivity index (χ0v) is 12.0. The maximum atomic E-state index is 11.8. The Hall–Kier alpha value is -0.770. The van der Waals surface area contributed by atoms with E-state index in [1.165, 1.54) is 6.07 Å². The van der Waals surface area contributed by atoms with Gasteiger partial charge >= 0.3 is 0 Å². The quantitative estimate of drug-likeness (QED) is 0.874. The molecule has 18 heavy (non-hydrogen) atoms. The highest BCUT2D eigenvalue weighted by atomic mass is 35.5. The van der Waals surface area contributed by atoms with Crippen molar-refractivity contribution in [2.75, 3.05) is 6.54 Å². The van der Waals surface area contributed by atoms with Crippen LogP contribution in [0.2, 0.25) is 10.0 Å². The Morgan fingerprint density at radius 2 is 2.06 bits per heavy atom. The van der Waals surface area contributed by atoms with Crippen LogP contribution in [0.15, 0.2) is 18.2 Å². The highest BCUT2D eigenvalue weighted by molar-refractivity contribution is 6.42. The number of aliphatic hydroxyl groups is 1. The summed E-state index contributed by atoms with van der Waals surface area (Å²) in [6.07, 6.45) is 1.49.